The van der Waals surface area contributed by atoms with Crippen LogP contribution in [0.3, 0.4) is 0 Å². The normalized spacial score (nSPS) is 17.5. The zero-order valence-corrected chi connectivity index (χ0v) is 57.2. The van der Waals surface area contributed by atoms with Crippen molar-refractivity contribution in [3.05, 3.63) is 119 Å². The monoisotopic (exact) mass is 1290 g/mol. The van der Waals surface area contributed by atoms with E-state index in [0.29, 0.717) is 89.5 Å². The molecule has 2 heterocycles. The number of carbonyl (C=O) groups excluding carboxylic acids is 1. The summed E-state index contributed by atoms with van der Waals surface area (Å²) >= 11 is 0. The number of nitrogens with zero attached hydrogens (tertiary/aromatic N) is 2. The summed E-state index contributed by atoms with van der Waals surface area (Å²) in [6, 6.07) is 12.8. The molecule has 0 radical (unpaired) electrons. The van der Waals surface area contributed by atoms with Crippen LogP contribution in [0, 0.1) is 0 Å². The van der Waals surface area contributed by atoms with E-state index in [2.05, 4.69) is 5.32 Å². The van der Waals surface area contributed by atoms with E-state index >= 15 is 0 Å². The molecule has 0 saturated carbocycles. The number of anilines is 1. The summed E-state index contributed by atoms with van der Waals surface area (Å²) in [6.07, 6.45) is 8.69. The van der Waals surface area contributed by atoms with Gasteiger partial charge in [-0.2, -0.15) is 4.58 Å². The smallest absolute Gasteiger partial charge is 0.748 e. The average Bonchev–Trinajstić information content (AvgIpc) is 3.67. The van der Waals surface area contributed by atoms with Gasteiger partial charge in [0.2, 0.25) is 11.6 Å². The van der Waals surface area contributed by atoms with Gasteiger partial charge in [0.25, 0.3) is 5.08 Å². The summed E-state index contributed by atoms with van der Waals surface area (Å²) in [4.78, 5) is 50.6. The number of ether oxygens (including phenoxy) is 1. The molecule has 434 valence electrons. The SMILES string of the molecule is CC1(C)C(/C=C/C2=C(Oc3ccc(S(=O)(=O)[O-])cc3)C(=C/C=C3/N(CCCCS(=O)(=O)[O-])c4ccc(S(=O)(=O)[O-])cc4C3(C)C)/CCC2)=[N+](CCCCCC(=O)NCCC(O)(P(=O)(O)O)P(=O)(O)O)c2ccc(S(=O)(=O)[O-])cc21.[Na+].[Na+].[Na+]. The molecule has 1 amide bonds. The van der Waals surface area contributed by atoms with Gasteiger partial charge < -0.3 is 57.8 Å². The minimum atomic E-state index is -5.73. The summed E-state index contributed by atoms with van der Waals surface area (Å²) in [5.74, 6) is -0.770. The molecule has 0 bridgehead atoms. The Bertz CT molecular complexity index is 3610. The van der Waals surface area contributed by atoms with Crippen LogP contribution in [0.1, 0.15) is 103 Å². The molecule has 0 unspecified atom stereocenters. The molecule has 82 heavy (non-hydrogen) atoms. The first-order valence-electron chi connectivity index (χ1n) is 24.5. The summed E-state index contributed by atoms with van der Waals surface area (Å²) in [7, 11) is -30.6. The minimum absolute atomic E-state index is 0. The van der Waals surface area contributed by atoms with Crippen molar-refractivity contribution in [2.45, 2.75) is 123 Å². The van der Waals surface area contributed by atoms with Gasteiger partial charge in [-0.25, -0.2) is 33.7 Å². The Kier molecular flexibility index (Phi) is 26.0. The molecule has 3 aliphatic rings. The third kappa shape index (κ3) is 18.0. The van der Waals surface area contributed by atoms with Crippen LogP contribution in [0.25, 0.3) is 0 Å². The summed E-state index contributed by atoms with van der Waals surface area (Å²) < 4.78 is 175. The van der Waals surface area contributed by atoms with E-state index in [1.807, 2.05) is 43.2 Å². The number of benzene rings is 3. The van der Waals surface area contributed by atoms with Crippen LogP contribution in [0.2, 0.25) is 0 Å². The van der Waals surface area contributed by atoms with Gasteiger partial charge in [-0.3, -0.25) is 13.9 Å². The van der Waals surface area contributed by atoms with Crippen molar-refractivity contribution in [2.24, 2.45) is 0 Å². The van der Waals surface area contributed by atoms with Gasteiger partial charge in [0.1, 0.15) is 48.4 Å². The Balaban J connectivity index is 0.00000588. The van der Waals surface area contributed by atoms with Crippen molar-refractivity contribution in [2.75, 3.05) is 30.3 Å². The van der Waals surface area contributed by atoms with E-state index in [1.54, 1.807) is 18.2 Å². The number of hydrogen-bond donors (Lipinski definition) is 6. The van der Waals surface area contributed by atoms with Crippen molar-refractivity contribution in [1.82, 2.24) is 5.32 Å². The molecule has 0 spiro atoms. The van der Waals surface area contributed by atoms with Crippen LogP contribution < -0.4 is 104 Å². The van der Waals surface area contributed by atoms with Crippen molar-refractivity contribution in [1.29, 1.82) is 0 Å². The van der Waals surface area contributed by atoms with Crippen LogP contribution in [0.5, 0.6) is 5.75 Å². The summed E-state index contributed by atoms with van der Waals surface area (Å²) in [6.45, 7) is 7.10. The van der Waals surface area contributed by atoms with E-state index < -0.39 is 111 Å². The van der Waals surface area contributed by atoms with Crippen LogP contribution in [0.15, 0.2) is 122 Å². The topological polar surface area (TPSA) is 409 Å². The molecule has 0 aromatic heterocycles. The number of aliphatic hydroxyl groups is 1. The molecule has 0 fully saturated rings. The molecule has 0 atom stereocenters. The van der Waals surface area contributed by atoms with E-state index in [9.17, 15) is 90.5 Å². The predicted octanol–water partition coefficient (Wildman–Crippen LogP) is -4.14. The number of carbonyl (C=O) groups is 1. The molecule has 6 rings (SSSR count). The molecule has 24 nitrogen and oxygen atoms in total. The molecular weight excluding hydrogens is 1230 g/mol. The van der Waals surface area contributed by atoms with Crippen molar-refractivity contribution in [3.8, 4) is 5.75 Å². The van der Waals surface area contributed by atoms with Crippen LogP contribution in [0.4, 0.5) is 11.4 Å². The minimum Gasteiger partial charge on any atom is -0.748 e. The Morgan fingerprint density at radius 1 is 0.720 bits per heavy atom. The number of fused-ring (bicyclic) bond motifs is 2. The number of amides is 1. The number of nitrogens with one attached hydrogen (secondary N) is 1. The first-order valence-corrected chi connectivity index (χ1v) is 33.5. The van der Waals surface area contributed by atoms with Crippen molar-refractivity contribution < 1.29 is 188 Å². The first-order chi connectivity index (χ1) is 36.3. The maximum Gasteiger partial charge on any atom is 1.00 e. The quantitative estimate of drug-likeness (QED) is 0.0163. The zero-order valence-electron chi connectivity index (χ0n) is 46.2. The average molecular weight is 1290 g/mol. The fourth-order valence-electron chi connectivity index (χ4n) is 9.80. The fraction of sp³-hybridized carbons (Fsp3) is 0.429. The fourth-order valence-corrected chi connectivity index (χ4v) is 14.0. The van der Waals surface area contributed by atoms with Crippen LogP contribution >= 0.6 is 15.2 Å². The number of rotatable bonds is 24. The standard InChI is InChI=1S/C49H63N3O21P2S4.3Na/c1-47(2)39-31-37(78(67,68)69)20-22-41(39)51(28-7-5-6-13-45(53)50-27-26-49(54,74(55,56)57)75(58,59)60)43(47)24-14-33-11-10-12-34(46(33)73-35-16-18-36(19-17-35)77(64,65)66)15-25-44-48(3,4)40-32-38(79(70,71)72)21-23-42(40)52(44)29-8-9-30-76(61,62)63;;;/h14-25,31-32,54H,5-13,26-30H2,1-4H3,(H8-,50,53,55,56,57,58,59,60,61,62,63,64,65,66,67,68,69,70,71,72);;;/q;3*+1/p-3. The maximum atomic E-state index is 12.6. The van der Waals surface area contributed by atoms with Gasteiger partial charge in [-0.05, 0) is 142 Å². The Hall–Kier alpha value is -1.74. The molecule has 1 aliphatic carbocycles. The number of hydrogen-bond acceptors (Lipinski definition) is 18. The third-order valence-electron chi connectivity index (χ3n) is 14.0. The summed E-state index contributed by atoms with van der Waals surface area (Å²) in [5.41, 5.74) is 2.69. The summed E-state index contributed by atoms with van der Waals surface area (Å²) in [5, 5.41) is 8.72. The zero-order chi connectivity index (χ0) is 59.0. The second-order valence-corrected chi connectivity index (χ2v) is 29.9. The molecule has 3 aromatic rings. The van der Waals surface area contributed by atoms with E-state index in [1.165, 1.54) is 48.5 Å². The molecular formula is C49H60N3Na3O21P2S4. The van der Waals surface area contributed by atoms with Gasteiger partial charge in [-0.1, -0.05) is 19.9 Å². The Labute approximate surface area is 543 Å². The molecule has 0 saturated heterocycles. The van der Waals surface area contributed by atoms with Gasteiger partial charge in [0.15, 0.2) is 5.71 Å². The molecule has 3 aromatic carbocycles. The van der Waals surface area contributed by atoms with Gasteiger partial charge >= 0.3 is 104 Å². The van der Waals surface area contributed by atoms with Gasteiger partial charge in [0, 0.05) is 72.6 Å². The predicted molar refractivity (Wildman–Crippen MR) is 282 cm³/mol. The maximum absolute atomic E-state index is 12.6. The van der Waals surface area contributed by atoms with Crippen molar-refractivity contribution >= 4 is 78.7 Å². The van der Waals surface area contributed by atoms with E-state index in [4.69, 9.17) is 4.74 Å². The Morgan fingerprint density at radius 3 is 1.84 bits per heavy atom. The van der Waals surface area contributed by atoms with Gasteiger partial charge in [0.05, 0.1) is 30.2 Å². The second-order valence-electron chi connectivity index (χ2n) is 20.3. The van der Waals surface area contributed by atoms with Crippen LogP contribution in [-0.4, -0.2) is 123 Å². The largest absolute Gasteiger partial charge is 1.00 e. The number of unbranched alkanes of at least 4 members (excludes halogenated alkanes) is 3. The first kappa shape index (κ1) is 74.5. The van der Waals surface area contributed by atoms with Crippen LogP contribution in [-0.2, 0) is 65.2 Å². The number of allylic oxidation sites excluding steroid dienone is 7. The molecule has 2 aliphatic heterocycles. The molecule has 6 N–H and O–H groups in total. The van der Waals surface area contributed by atoms with E-state index in [0.717, 1.165) is 12.1 Å². The molecule has 33 heteroatoms. The Morgan fingerprint density at radius 2 is 1.28 bits per heavy atom. The van der Waals surface area contributed by atoms with Gasteiger partial charge in [-0.15, -0.1) is 0 Å². The van der Waals surface area contributed by atoms with Crippen molar-refractivity contribution in [3.63, 3.8) is 0 Å². The van der Waals surface area contributed by atoms with E-state index in [-0.39, 0.29) is 127 Å². The second kappa shape index (κ2) is 28.6. The third-order valence-corrected chi connectivity index (χ3v) is 21.2.